The number of fused-ring (bicyclic) bond motifs is 2. The minimum atomic E-state index is 0.599. The molecule has 0 radical (unpaired) electrons. The van der Waals surface area contributed by atoms with Gasteiger partial charge in [0.25, 0.3) is 0 Å². The van der Waals surface area contributed by atoms with Crippen LogP contribution in [0.1, 0.15) is 25.7 Å². The van der Waals surface area contributed by atoms with Gasteiger partial charge in [-0.2, -0.15) is 0 Å². The first-order valence-electron chi connectivity index (χ1n) is 6.64. The Bertz CT molecular complexity index is 339. The molecule has 0 heteroatoms. The van der Waals surface area contributed by atoms with Crippen molar-refractivity contribution in [1.29, 1.82) is 0 Å². The third-order valence-corrected chi connectivity index (χ3v) is 3.75. The molecule has 0 aromatic heterocycles. The zero-order valence-electron chi connectivity index (χ0n) is 10.5. The van der Waals surface area contributed by atoms with Crippen LogP contribution in [-0.4, -0.2) is 0 Å². The van der Waals surface area contributed by atoms with Gasteiger partial charge in [-0.1, -0.05) is 54.7 Å². The van der Waals surface area contributed by atoms with Gasteiger partial charge in [-0.3, -0.25) is 0 Å². The van der Waals surface area contributed by atoms with E-state index in [2.05, 4.69) is 43.5 Å². The number of allylic oxidation sites excluding steroid dienone is 8. The van der Waals surface area contributed by atoms with Crippen LogP contribution in [0.3, 0.4) is 0 Å². The first kappa shape index (κ1) is 12.2. The lowest BCUT2D eigenvalue weighted by Gasteiger charge is -2.15. The van der Waals surface area contributed by atoms with Crippen LogP contribution in [0.4, 0.5) is 0 Å². The monoisotopic (exact) mass is 226 g/mol. The molecule has 0 aliphatic heterocycles. The van der Waals surface area contributed by atoms with Crippen molar-refractivity contribution in [3.63, 3.8) is 0 Å². The molecule has 0 nitrogen and oxygen atoms in total. The molecule has 0 aromatic carbocycles. The lowest BCUT2D eigenvalue weighted by atomic mass is 9.91. The summed E-state index contributed by atoms with van der Waals surface area (Å²) in [7, 11) is 0. The average Bonchev–Trinajstić information content (AvgIpc) is 3.04. The van der Waals surface area contributed by atoms with E-state index >= 15 is 0 Å². The second kappa shape index (κ2) is 5.86. The Morgan fingerprint density at radius 1 is 1.06 bits per heavy atom. The Morgan fingerprint density at radius 3 is 2.12 bits per heavy atom. The van der Waals surface area contributed by atoms with E-state index in [9.17, 15) is 0 Å². The van der Waals surface area contributed by atoms with E-state index in [4.69, 9.17) is 0 Å². The van der Waals surface area contributed by atoms with Crippen LogP contribution >= 0.6 is 0 Å². The standard InChI is InChI=1S/C10H14.C7H8/c1-3-9-6-5-7-10(4-2)8-9;1-2-7-4-3-6(1)5-7/h3-4,8-9H,1-2,5-7H2;1-4,6-7H,5H2. The summed E-state index contributed by atoms with van der Waals surface area (Å²) in [5.74, 6) is 2.22. The van der Waals surface area contributed by atoms with E-state index in [1.807, 2.05) is 12.2 Å². The Hall–Kier alpha value is -1.30. The van der Waals surface area contributed by atoms with E-state index in [0.717, 1.165) is 11.8 Å². The van der Waals surface area contributed by atoms with Crippen LogP contribution < -0.4 is 0 Å². The second-order valence-electron chi connectivity index (χ2n) is 5.07. The van der Waals surface area contributed by atoms with Crippen LogP contribution in [0, 0.1) is 17.8 Å². The van der Waals surface area contributed by atoms with Crippen LogP contribution in [-0.2, 0) is 0 Å². The SMILES string of the molecule is C1=CC2C=CC1C2.C=CC1=CC(C=C)CCC1. The topological polar surface area (TPSA) is 0 Å². The molecule has 90 valence electrons. The predicted octanol–water partition coefficient (Wildman–Crippen LogP) is 4.83. The fraction of sp³-hybridized carbons (Fsp3) is 0.412. The lowest BCUT2D eigenvalue weighted by Crippen LogP contribution is -1.99. The number of hydrogen-bond acceptors (Lipinski definition) is 0. The summed E-state index contributed by atoms with van der Waals surface area (Å²) < 4.78 is 0. The largest absolute Gasteiger partial charge is 0.102 e. The van der Waals surface area contributed by atoms with E-state index in [1.165, 1.54) is 31.3 Å². The summed E-state index contributed by atoms with van der Waals surface area (Å²) in [5.41, 5.74) is 1.39. The van der Waals surface area contributed by atoms with Crippen molar-refractivity contribution in [1.82, 2.24) is 0 Å². The number of rotatable bonds is 2. The molecular formula is C17H22. The molecule has 3 aliphatic rings. The molecular weight excluding hydrogens is 204 g/mol. The highest BCUT2D eigenvalue weighted by Gasteiger charge is 2.19. The van der Waals surface area contributed by atoms with Gasteiger partial charge < -0.3 is 0 Å². The summed E-state index contributed by atoms with van der Waals surface area (Å²) in [6.07, 6.45) is 20.5. The summed E-state index contributed by atoms with van der Waals surface area (Å²) >= 11 is 0. The van der Waals surface area contributed by atoms with Gasteiger partial charge in [-0.25, -0.2) is 0 Å². The molecule has 0 heterocycles. The molecule has 17 heavy (non-hydrogen) atoms. The van der Waals surface area contributed by atoms with E-state index < -0.39 is 0 Å². The third-order valence-electron chi connectivity index (χ3n) is 3.75. The predicted molar refractivity (Wildman–Crippen MR) is 75.7 cm³/mol. The van der Waals surface area contributed by atoms with Crippen molar-refractivity contribution in [2.45, 2.75) is 25.7 Å². The van der Waals surface area contributed by atoms with Gasteiger partial charge in [0.15, 0.2) is 0 Å². The van der Waals surface area contributed by atoms with E-state index in [-0.39, 0.29) is 0 Å². The maximum Gasteiger partial charge on any atom is -0.00445 e. The average molecular weight is 226 g/mol. The highest BCUT2D eigenvalue weighted by molar-refractivity contribution is 5.21. The minimum absolute atomic E-state index is 0.599. The molecule has 0 spiro atoms. The smallest absolute Gasteiger partial charge is 0.00445 e. The van der Waals surface area contributed by atoms with Crippen LogP contribution in [0.5, 0.6) is 0 Å². The molecule has 2 bridgehead atoms. The van der Waals surface area contributed by atoms with Gasteiger partial charge in [0.1, 0.15) is 0 Å². The van der Waals surface area contributed by atoms with Gasteiger partial charge in [0.2, 0.25) is 0 Å². The molecule has 1 unspecified atom stereocenters. The van der Waals surface area contributed by atoms with Crippen LogP contribution in [0.2, 0.25) is 0 Å². The Kier molecular flexibility index (Phi) is 4.19. The van der Waals surface area contributed by atoms with Gasteiger partial charge in [0, 0.05) is 0 Å². The molecule has 1 atom stereocenters. The van der Waals surface area contributed by atoms with Gasteiger partial charge in [-0.15, -0.1) is 6.58 Å². The van der Waals surface area contributed by atoms with E-state index in [1.54, 1.807) is 0 Å². The normalized spacial score (nSPS) is 32.7. The molecule has 0 aromatic rings. The highest BCUT2D eigenvalue weighted by Crippen LogP contribution is 2.31. The summed E-state index contributed by atoms with van der Waals surface area (Å²) in [4.78, 5) is 0. The van der Waals surface area contributed by atoms with E-state index in [0.29, 0.717) is 5.92 Å². The van der Waals surface area contributed by atoms with Crippen molar-refractivity contribution in [2.24, 2.45) is 17.8 Å². The fourth-order valence-electron chi connectivity index (χ4n) is 2.67. The quantitative estimate of drug-likeness (QED) is 0.591. The molecule has 3 aliphatic carbocycles. The van der Waals surface area contributed by atoms with Crippen LogP contribution in [0.15, 0.2) is 61.3 Å². The third kappa shape index (κ3) is 3.33. The zero-order valence-corrected chi connectivity index (χ0v) is 10.5. The summed E-state index contributed by atoms with van der Waals surface area (Å²) in [6.45, 7) is 7.52. The summed E-state index contributed by atoms with van der Waals surface area (Å²) in [6, 6.07) is 0. The van der Waals surface area contributed by atoms with Gasteiger partial charge >= 0.3 is 0 Å². The summed E-state index contributed by atoms with van der Waals surface area (Å²) in [5, 5.41) is 0. The maximum atomic E-state index is 3.77. The Morgan fingerprint density at radius 2 is 1.71 bits per heavy atom. The molecule has 0 N–H and O–H groups in total. The first-order chi connectivity index (χ1) is 8.31. The lowest BCUT2D eigenvalue weighted by molar-refractivity contribution is 0.619. The molecule has 0 fully saturated rings. The van der Waals surface area contributed by atoms with Crippen LogP contribution in [0.25, 0.3) is 0 Å². The first-order valence-corrected chi connectivity index (χ1v) is 6.64. The second-order valence-corrected chi connectivity index (χ2v) is 5.07. The van der Waals surface area contributed by atoms with Gasteiger partial charge in [-0.05, 0) is 43.4 Å². The molecule has 0 saturated carbocycles. The molecule has 3 rings (SSSR count). The minimum Gasteiger partial charge on any atom is -0.102 e. The zero-order chi connectivity index (χ0) is 12.1. The highest BCUT2D eigenvalue weighted by atomic mass is 14.2. The maximum absolute atomic E-state index is 3.77. The molecule has 0 saturated heterocycles. The fourth-order valence-corrected chi connectivity index (χ4v) is 2.67. The van der Waals surface area contributed by atoms with Crippen molar-refractivity contribution in [2.75, 3.05) is 0 Å². The molecule has 0 amide bonds. The van der Waals surface area contributed by atoms with Crippen molar-refractivity contribution in [3.05, 3.63) is 61.3 Å². The Balaban J connectivity index is 0.000000134. The number of hydrogen-bond donors (Lipinski definition) is 0. The van der Waals surface area contributed by atoms with Gasteiger partial charge in [0.05, 0.1) is 0 Å². The van der Waals surface area contributed by atoms with Crippen molar-refractivity contribution >= 4 is 0 Å². The Labute approximate surface area is 105 Å². The van der Waals surface area contributed by atoms with Crippen molar-refractivity contribution in [3.8, 4) is 0 Å². The van der Waals surface area contributed by atoms with Crippen molar-refractivity contribution < 1.29 is 0 Å².